The van der Waals surface area contributed by atoms with Gasteiger partial charge in [0.1, 0.15) is 35.1 Å². The molecule has 0 aliphatic rings. The molecule has 0 spiro atoms. The van der Waals surface area contributed by atoms with Gasteiger partial charge >= 0.3 is 12.1 Å². The first-order chi connectivity index (χ1) is 20.8. The number of hydrogen-bond donors (Lipinski definition) is 3. The average molecular weight is 626 g/mol. The first-order valence-corrected chi connectivity index (χ1v) is 15.5. The van der Waals surface area contributed by atoms with Gasteiger partial charge in [0, 0.05) is 18.0 Å². The number of nitrogens with one attached hydrogen (secondary N) is 2. The summed E-state index contributed by atoms with van der Waals surface area (Å²) in [5.41, 5.74) is -0.640. The summed E-state index contributed by atoms with van der Waals surface area (Å²) in [7, 11) is 0. The summed E-state index contributed by atoms with van der Waals surface area (Å²) in [6.07, 6.45) is -0.170. The van der Waals surface area contributed by atoms with E-state index < -0.39 is 59.2 Å². The predicted molar refractivity (Wildman–Crippen MR) is 173 cm³/mol. The van der Waals surface area contributed by atoms with E-state index in [0.717, 1.165) is 5.56 Å². The molecule has 2 aromatic carbocycles. The molecular formula is C35H51N3O7. The largest absolute Gasteiger partial charge is 0.508 e. The second-order valence-electron chi connectivity index (χ2n) is 13.6. The van der Waals surface area contributed by atoms with Crippen LogP contribution in [0.4, 0.5) is 4.79 Å². The highest BCUT2D eigenvalue weighted by Crippen LogP contribution is 2.32. The molecule has 0 fully saturated rings. The quantitative estimate of drug-likeness (QED) is 0.259. The topological polar surface area (TPSA) is 134 Å². The van der Waals surface area contributed by atoms with Gasteiger partial charge in [0.05, 0.1) is 0 Å². The summed E-state index contributed by atoms with van der Waals surface area (Å²) < 4.78 is 11.1. The van der Waals surface area contributed by atoms with Crippen molar-refractivity contribution in [2.75, 3.05) is 0 Å². The molecule has 0 aromatic heterocycles. The third-order valence-corrected chi connectivity index (χ3v) is 6.97. The number of aromatic hydroxyl groups is 1. The highest BCUT2D eigenvalue weighted by atomic mass is 16.6. The Balaban J connectivity index is 2.63. The van der Waals surface area contributed by atoms with Crippen LogP contribution in [0, 0.1) is 5.92 Å². The van der Waals surface area contributed by atoms with Crippen LogP contribution in [0.2, 0.25) is 0 Å². The number of alkyl carbamates (subject to hydrolysis) is 1. The minimum absolute atomic E-state index is 0.140. The molecule has 2 aromatic rings. The molecule has 0 radical (unpaired) electrons. The SMILES string of the molecule is CCC(C)N(C(=O)C(NC(=O)OC(C)(C)C)C(C)C)C(C(=O)NC(Cc1ccccc1)C(=O)OC(C)(C)C)c1ccccc1O. The normalized spacial score (nSPS) is 14.5. The molecule has 0 heterocycles. The second kappa shape index (κ2) is 15.8. The van der Waals surface area contributed by atoms with E-state index in [4.69, 9.17) is 9.47 Å². The minimum atomic E-state index is -1.35. The van der Waals surface area contributed by atoms with Crippen molar-refractivity contribution in [3.8, 4) is 5.75 Å². The second-order valence-corrected chi connectivity index (χ2v) is 13.6. The zero-order valence-electron chi connectivity index (χ0n) is 28.3. The number of phenols is 1. The van der Waals surface area contributed by atoms with Crippen molar-refractivity contribution in [3.05, 3.63) is 65.7 Å². The van der Waals surface area contributed by atoms with Crippen LogP contribution >= 0.6 is 0 Å². The molecule has 45 heavy (non-hydrogen) atoms. The van der Waals surface area contributed by atoms with Crippen LogP contribution < -0.4 is 10.6 Å². The number of carbonyl (C=O) groups excluding carboxylic acids is 4. The maximum atomic E-state index is 14.4. The molecule has 0 saturated carbocycles. The fraction of sp³-hybridized carbons (Fsp3) is 0.543. The molecule has 10 nitrogen and oxygen atoms in total. The highest BCUT2D eigenvalue weighted by Gasteiger charge is 2.41. The molecule has 0 aliphatic heterocycles. The Labute approximate surface area is 267 Å². The van der Waals surface area contributed by atoms with Gasteiger partial charge in [0.25, 0.3) is 0 Å². The van der Waals surface area contributed by atoms with Gasteiger partial charge in [0.15, 0.2) is 0 Å². The Hall–Kier alpha value is -4.08. The molecule has 0 saturated heterocycles. The van der Waals surface area contributed by atoms with E-state index in [2.05, 4.69) is 10.6 Å². The lowest BCUT2D eigenvalue weighted by atomic mass is 9.95. The van der Waals surface area contributed by atoms with Crippen molar-refractivity contribution in [3.63, 3.8) is 0 Å². The van der Waals surface area contributed by atoms with Crippen molar-refractivity contribution >= 4 is 23.9 Å². The molecule has 2 rings (SSSR count). The zero-order chi connectivity index (χ0) is 34.1. The maximum absolute atomic E-state index is 14.4. The van der Waals surface area contributed by atoms with Gasteiger partial charge in [-0.2, -0.15) is 0 Å². The van der Waals surface area contributed by atoms with E-state index in [9.17, 15) is 24.3 Å². The number of phenolic OH excluding ortho intramolecular Hbond substituents is 1. The standard InChI is InChI=1S/C35H51N3O7/c1-11-23(4)38(31(41)28(22(2)3)37-33(43)45-35(8,9)10)29(25-19-15-16-20-27(25)39)30(40)36-26(32(42)44-34(5,6)7)21-24-17-13-12-14-18-24/h12-20,22-23,26,28-29,39H,11,21H2,1-10H3,(H,36,40)(H,37,43). The van der Waals surface area contributed by atoms with E-state index in [1.165, 1.54) is 11.0 Å². The van der Waals surface area contributed by atoms with Crippen molar-refractivity contribution in [2.24, 2.45) is 5.92 Å². The Bertz CT molecular complexity index is 1300. The Morgan fingerprint density at radius 2 is 1.38 bits per heavy atom. The summed E-state index contributed by atoms with van der Waals surface area (Å²) in [5.74, 6) is -2.43. The third kappa shape index (κ3) is 11.4. The first-order valence-electron chi connectivity index (χ1n) is 15.5. The van der Waals surface area contributed by atoms with Crippen LogP contribution in [-0.4, -0.2) is 63.2 Å². The van der Waals surface area contributed by atoms with E-state index in [0.29, 0.717) is 6.42 Å². The van der Waals surface area contributed by atoms with Crippen LogP contribution in [0.25, 0.3) is 0 Å². The summed E-state index contributed by atoms with van der Waals surface area (Å²) in [4.78, 5) is 56.4. The molecule has 4 unspecified atom stereocenters. The number of carbonyl (C=O) groups is 4. The Morgan fingerprint density at radius 1 is 0.822 bits per heavy atom. The number of ether oxygens (including phenoxy) is 2. The van der Waals surface area contributed by atoms with Gasteiger partial charge in [-0.15, -0.1) is 0 Å². The molecular weight excluding hydrogens is 574 g/mol. The number of para-hydroxylation sites is 1. The van der Waals surface area contributed by atoms with Crippen molar-refractivity contribution in [1.82, 2.24) is 15.5 Å². The minimum Gasteiger partial charge on any atom is -0.508 e. The monoisotopic (exact) mass is 625 g/mol. The summed E-state index contributed by atoms with van der Waals surface area (Å²) in [6, 6.07) is 11.5. The van der Waals surface area contributed by atoms with Crippen molar-refractivity contribution in [1.29, 1.82) is 0 Å². The average Bonchev–Trinajstić information content (AvgIpc) is 2.92. The Kier molecular flexibility index (Phi) is 13.0. The molecule has 4 atom stereocenters. The van der Waals surface area contributed by atoms with Gasteiger partial charge in [-0.3, -0.25) is 9.59 Å². The van der Waals surface area contributed by atoms with Crippen LogP contribution in [0.15, 0.2) is 54.6 Å². The lowest BCUT2D eigenvalue weighted by Crippen LogP contribution is -2.58. The number of nitrogens with zero attached hydrogens (tertiary/aromatic N) is 1. The molecule has 3 N–H and O–H groups in total. The molecule has 10 heteroatoms. The van der Waals surface area contributed by atoms with Gasteiger partial charge in [-0.05, 0) is 72.4 Å². The summed E-state index contributed by atoms with van der Waals surface area (Å²) >= 11 is 0. The fourth-order valence-corrected chi connectivity index (χ4v) is 4.71. The van der Waals surface area contributed by atoms with Gasteiger partial charge in [-0.1, -0.05) is 69.3 Å². The van der Waals surface area contributed by atoms with Crippen LogP contribution in [0.5, 0.6) is 5.75 Å². The van der Waals surface area contributed by atoms with E-state index in [1.54, 1.807) is 80.5 Å². The molecule has 0 aliphatic carbocycles. The third-order valence-electron chi connectivity index (χ3n) is 6.97. The van der Waals surface area contributed by atoms with Crippen LogP contribution in [0.3, 0.4) is 0 Å². The maximum Gasteiger partial charge on any atom is 0.408 e. The first kappa shape index (κ1) is 37.1. The van der Waals surface area contributed by atoms with Gasteiger partial charge in [0.2, 0.25) is 11.8 Å². The van der Waals surface area contributed by atoms with Gasteiger partial charge in [-0.25, -0.2) is 9.59 Å². The number of rotatable bonds is 12. The number of hydrogen-bond acceptors (Lipinski definition) is 7. The Morgan fingerprint density at radius 3 is 1.89 bits per heavy atom. The highest BCUT2D eigenvalue weighted by molar-refractivity contribution is 5.94. The summed E-state index contributed by atoms with van der Waals surface area (Å²) in [5, 5.41) is 16.5. The van der Waals surface area contributed by atoms with Crippen LogP contribution in [0.1, 0.15) is 92.8 Å². The molecule has 248 valence electrons. The zero-order valence-corrected chi connectivity index (χ0v) is 28.3. The summed E-state index contributed by atoms with van der Waals surface area (Å²) in [6.45, 7) is 17.6. The number of benzene rings is 2. The molecule has 0 bridgehead atoms. The van der Waals surface area contributed by atoms with Crippen molar-refractivity contribution in [2.45, 2.75) is 117 Å². The van der Waals surface area contributed by atoms with E-state index >= 15 is 0 Å². The lowest BCUT2D eigenvalue weighted by molar-refractivity contribution is -0.159. The van der Waals surface area contributed by atoms with Crippen molar-refractivity contribution < 1.29 is 33.8 Å². The predicted octanol–water partition coefficient (Wildman–Crippen LogP) is 5.68. The number of amides is 3. The lowest BCUT2D eigenvalue weighted by Gasteiger charge is -2.39. The van der Waals surface area contributed by atoms with E-state index in [1.807, 2.05) is 37.3 Å². The number of esters is 1. The smallest absolute Gasteiger partial charge is 0.408 e. The molecule has 3 amide bonds. The van der Waals surface area contributed by atoms with Gasteiger partial charge < -0.3 is 30.1 Å². The van der Waals surface area contributed by atoms with Crippen LogP contribution in [-0.2, 0) is 30.3 Å². The fourth-order valence-electron chi connectivity index (χ4n) is 4.71. The van der Waals surface area contributed by atoms with E-state index in [-0.39, 0.29) is 23.7 Å².